The third-order valence-corrected chi connectivity index (χ3v) is 1.53. The van der Waals surface area contributed by atoms with Crippen LogP contribution in [-0.4, -0.2) is 24.0 Å². The van der Waals surface area contributed by atoms with Crippen LogP contribution in [0.2, 0.25) is 0 Å². The molecule has 1 rings (SSSR count). The van der Waals surface area contributed by atoms with Gasteiger partial charge in [0.25, 0.3) is 0 Å². The molecule has 74 valence electrons. The van der Waals surface area contributed by atoms with Gasteiger partial charge in [0.2, 0.25) is 0 Å². The van der Waals surface area contributed by atoms with Gasteiger partial charge in [-0.15, -0.1) is 0 Å². The van der Waals surface area contributed by atoms with E-state index in [1.54, 1.807) is 0 Å². The molecule has 0 radical (unpaired) electrons. The second kappa shape index (κ2) is 5.41. The normalized spacial score (nSPS) is 8.87. The average molecular weight is 261 g/mol. The number of aromatic nitrogens is 1. The van der Waals surface area contributed by atoms with Crippen molar-refractivity contribution in [1.29, 1.82) is 0 Å². The predicted molar refractivity (Wildman–Crippen MR) is 39.5 cm³/mol. The second-order valence-electron chi connectivity index (χ2n) is 2.31. The molecule has 0 fully saturated rings. The van der Waals surface area contributed by atoms with E-state index in [0.717, 1.165) is 6.20 Å². The van der Waals surface area contributed by atoms with Gasteiger partial charge in [0.05, 0.1) is 30.3 Å². The fourth-order valence-corrected chi connectivity index (χ4v) is 0.966. The van der Waals surface area contributed by atoms with Crippen LogP contribution in [0.3, 0.4) is 0 Å². The number of carbonyl (C=O) groups is 2. The number of carbonyl (C=O) groups excluding carboxylic acids is 2. The number of rotatable bonds is 3. The quantitative estimate of drug-likeness (QED) is 0.572. The Morgan fingerprint density at radius 1 is 1.33 bits per heavy atom. The van der Waals surface area contributed by atoms with Crippen molar-refractivity contribution in [1.82, 2.24) is 4.98 Å². The Hall–Kier alpha value is -1.49. The molecule has 0 spiro atoms. The van der Waals surface area contributed by atoms with Gasteiger partial charge in [0, 0.05) is 6.20 Å². The molecule has 0 aliphatic carbocycles. The molecule has 0 amide bonds. The van der Waals surface area contributed by atoms with E-state index >= 15 is 0 Å². The minimum atomic E-state index is -1.69. The first-order valence-electron chi connectivity index (χ1n) is 3.53. The van der Waals surface area contributed by atoms with Gasteiger partial charge in [-0.05, 0) is 6.07 Å². The van der Waals surface area contributed by atoms with Gasteiger partial charge < -0.3 is 24.5 Å². The fourth-order valence-electron chi connectivity index (χ4n) is 0.966. The Labute approximate surface area is 97.7 Å². The number of nitrogens with zero attached hydrogens (tertiary/aromatic N) is 1. The molecule has 0 aliphatic rings. The molecule has 0 atom stereocenters. The zero-order valence-electron chi connectivity index (χ0n) is 7.85. The van der Waals surface area contributed by atoms with Crippen molar-refractivity contribution in [2.24, 2.45) is 0 Å². The van der Waals surface area contributed by atoms with E-state index in [-0.39, 0.29) is 25.2 Å². The standard InChI is InChI=1S/C8H7NO5.Zn/c1-14-4-2-3-9-6(8(12)13)5(4)7(10)11;/h2-3H,1H3,(H,10,11)(H,12,13);/q;+2/p-2. The van der Waals surface area contributed by atoms with E-state index in [4.69, 9.17) is 0 Å². The second-order valence-corrected chi connectivity index (χ2v) is 2.31. The van der Waals surface area contributed by atoms with Crippen LogP contribution >= 0.6 is 0 Å². The largest absolute Gasteiger partial charge is 2.00 e. The van der Waals surface area contributed by atoms with Crippen LogP contribution in [0.15, 0.2) is 12.3 Å². The molecule has 0 aliphatic heterocycles. The predicted octanol–water partition coefficient (Wildman–Crippen LogP) is -2.19. The molecule has 1 heterocycles. The van der Waals surface area contributed by atoms with Gasteiger partial charge in [-0.3, -0.25) is 4.98 Å². The summed E-state index contributed by atoms with van der Waals surface area (Å²) >= 11 is 0. The molecule has 15 heavy (non-hydrogen) atoms. The molecular formula is C8H5NO5Zn. The molecule has 0 aromatic carbocycles. The van der Waals surface area contributed by atoms with Gasteiger partial charge >= 0.3 is 19.5 Å². The number of aromatic carboxylic acids is 2. The zero-order valence-corrected chi connectivity index (χ0v) is 10.8. The Morgan fingerprint density at radius 2 is 1.93 bits per heavy atom. The van der Waals surface area contributed by atoms with Crippen molar-refractivity contribution in [3.8, 4) is 5.75 Å². The van der Waals surface area contributed by atoms with E-state index < -0.39 is 23.2 Å². The summed E-state index contributed by atoms with van der Waals surface area (Å²) in [6, 6.07) is 1.22. The van der Waals surface area contributed by atoms with Crippen LogP contribution in [0.4, 0.5) is 0 Å². The number of carboxylic acids is 2. The number of carboxylic acid groups (broad SMARTS) is 2. The van der Waals surface area contributed by atoms with Crippen LogP contribution in [0.1, 0.15) is 20.8 Å². The van der Waals surface area contributed by atoms with Gasteiger partial charge in [0.15, 0.2) is 0 Å². The van der Waals surface area contributed by atoms with Gasteiger partial charge in [-0.2, -0.15) is 0 Å². The maximum Gasteiger partial charge on any atom is 2.00 e. The first-order valence-corrected chi connectivity index (χ1v) is 3.53. The molecule has 1 aromatic heterocycles. The van der Waals surface area contributed by atoms with Crippen molar-refractivity contribution in [2.75, 3.05) is 7.11 Å². The van der Waals surface area contributed by atoms with Crippen molar-refractivity contribution >= 4 is 11.9 Å². The first-order chi connectivity index (χ1) is 6.57. The molecule has 0 saturated heterocycles. The average Bonchev–Trinajstić information content (AvgIpc) is 2.16. The third kappa shape index (κ3) is 2.73. The Kier molecular flexibility index (Phi) is 4.87. The maximum absolute atomic E-state index is 10.6. The number of methoxy groups -OCH3 is 1. The molecule has 0 N–H and O–H groups in total. The zero-order chi connectivity index (χ0) is 10.7. The number of ether oxygens (including phenoxy) is 1. The van der Waals surface area contributed by atoms with E-state index in [0.29, 0.717) is 0 Å². The van der Waals surface area contributed by atoms with Crippen LogP contribution in [0.5, 0.6) is 5.75 Å². The van der Waals surface area contributed by atoms with Gasteiger partial charge in [-0.1, -0.05) is 0 Å². The summed E-state index contributed by atoms with van der Waals surface area (Å²) in [7, 11) is 1.21. The topological polar surface area (TPSA) is 102 Å². The smallest absolute Gasteiger partial charge is 0.545 e. The van der Waals surface area contributed by atoms with Crippen LogP contribution in [0.25, 0.3) is 0 Å². The van der Waals surface area contributed by atoms with Gasteiger partial charge in [-0.25, -0.2) is 0 Å². The monoisotopic (exact) mass is 259 g/mol. The summed E-state index contributed by atoms with van der Waals surface area (Å²) in [4.78, 5) is 24.4. The molecule has 0 saturated carbocycles. The minimum absolute atomic E-state index is 0. The van der Waals surface area contributed by atoms with E-state index in [1.807, 2.05) is 0 Å². The Bertz CT molecular complexity index is 393. The molecule has 0 bridgehead atoms. The van der Waals surface area contributed by atoms with Crippen LogP contribution in [-0.2, 0) is 19.5 Å². The summed E-state index contributed by atoms with van der Waals surface area (Å²) < 4.78 is 4.65. The van der Waals surface area contributed by atoms with Crippen molar-refractivity contribution < 1.29 is 44.0 Å². The molecule has 7 heteroatoms. The summed E-state index contributed by atoms with van der Waals surface area (Å²) in [5.41, 5.74) is -1.32. The molecular weight excluding hydrogens is 255 g/mol. The van der Waals surface area contributed by atoms with Crippen LogP contribution in [0, 0.1) is 0 Å². The van der Waals surface area contributed by atoms with E-state index in [2.05, 4.69) is 9.72 Å². The molecule has 6 nitrogen and oxygen atoms in total. The summed E-state index contributed by atoms with van der Waals surface area (Å²) in [5.74, 6) is -3.49. The fraction of sp³-hybridized carbons (Fsp3) is 0.125. The minimum Gasteiger partial charge on any atom is -0.545 e. The third-order valence-electron chi connectivity index (χ3n) is 1.53. The number of pyridine rings is 1. The summed E-state index contributed by atoms with van der Waals surface area (Å²) in [6.45, 7) is 0. The molecule has 0 unspecified atom stereocenters. The number of hydrogen-bond acceptors (Lipinski definition) is 6. The van der Waals surface area contributed by atoms with Gasteiger partial charge in [0.1, 0.15) is 5.75 Å². The van der Waals surface area contributed by atoms with Crippen LogP contribution < -0.4 is 14.9 Å². The van der Waals surface area contributed by atoms with Crippen molar-refractivity contribution in [3.05, 3.63) is 23.5 Å². The summed E-state index contributed by atoms with van der Waals surface area (Å²) in [6.07, 6.45) is 1.11. The van der Waals surface area contributed by atoms with Crippen molar-refractivity contribution in [2.45, 2.75) is 0 Å². The SMILES string of the molecule is COc1ccnc(C(=O)[O-])c1C(=O)[O-].[Zn+2]. The molecule has 1 aromatic rings. The number of hydrogen-bond donors (Lipinski definition) is 0. The maximum atomic E-state index is 10.6. The van der Waals surface area contributed by atoms with E-state index in [9.17, 15) is 19.8 Å². The first kappa shape index (κ1) is 13.5. The Balaban J connectivity index is 0.00000196. The van der Waals surface area contributed by atoms with Crippen molar-refractivity contribution in [3.63, 3.8) is 0 Å². The van der Waals surface area contributed by atoms with E-state index in [1.165, 1.54) is 13.2 Å². The Morgan fingerprint density at radius 3 is 2.33 bits per heavy atom. The summed E-state index contributed by atoms with van der Waals surface area (Å²) in [5, 5.41) is 21.1.